The monoisotopic (exact) mass is 1300 g/mol. The number of rotatable bonds is 76. The fourth-order valence-electron chi connectivity index (χ4n) is 12.0. The van der Waals surface area contributed by atoms with Crippen LogP contribution in [0.15, 0.2) is 60.8 Å². The third-order valence-electron chi connectivity index (χ3n) is 17.9. The van der Waals surface area contributed by atoms with Crippen molar-refractivity contribution in [3.8, 4) is 0 Å². The van der Waals surface area contributed by atoms with E-state index in [9.17, 15) is 19.0 Å². The van der Waals surface area contributed by atoms with E-state index in [1.54, 1.807) is 0 Å². The maximum atomic E-state index is 12.8. The molecule has 0 bridgehead atoms. The lowest BCUT2D eigenvalue weighted by atomic mass is 10.0. The Balaban J connectivity index is 3.77. The van der Waals surface area contributed by atoms with Gasteiger partial charge in [-0.25, -0.2) is 4.57 Å². The van der Waals surface area contributed by atoms with Gasteiger partial charge in [-0.3, -0.25) is 18.6 Å². The van der Waals surface area contributed by atoms with Crippen LogP contribution < -0.4 is 5.73 Å². The SMILES string of the molecule is CCCCCCC/C=C\C/C=C\C/C=C\CCCCCCCCCCCCCCCCCCCCC(=O)OC(COC(=O)CCCCCCCCCCCCCCCCCCCCCCCCCCC/C=C\C/C=C\CCCCCCC)COP(=O)(O)OCCN. The molecule has 0 amide bonds. The number of esters is 2. The summed E-state index contributed by atoms with van der Waals surface area (Å²) in [5.74, 6) is -0.805. The van der Waals surface area contributed by atoms with Crippen molar-refractivity contribution in [2.75, 3.05) is 26.4 Å². The fourth-order valence-corrected chi connectivity index (χ4v) is 12.7. The first-order valence-corrected chi connectivity index (χ1v) is 41.3. The van der Waals surface area contributed by atoms with Crippen LogP contribution in [-0.2, 0) is 32.7 Å². The minimum absolute atomic E-state index is 0.0550. The highest BCUT2D eigenvalue weighted by atomic mass is 31.2. The molecule has 534 valence electrons. The van der Waals surface area contributed by atoms with Crippen LogP contribution in [0.2, 0.25) is 0 Å². The Morgan fingerprint density at radius 2 is 0.571 bits per heavy atom. The molecule has 0 aromatic heterocycles. The fraction of sp³-hybridized carbons (Fsp3) is 0.852. The van der Waals surface area contributed by atoms with Crippen molar-refractivity contribution >= 4 is 19.8 Å². The van der Waals surface area contributed by atoms with Crippen molar-refractivity contribution in [2.24, 2.45) is 5.73 Å². The van der Waals surface area contributed by atoms with E-state index in [2.05, 4.69) is 74.6 Å². The van der Waals surface area contributed by atoms with E-state index in [1.807, 2.05) is 0 Å². The molecule has 10 heteroatoms. The first kappa shape index (κ1) is 88.7. The molecule has 0 aliphatic carbocycles. The Kier molecular flexibility index (Phi) is 74.8. The highest BCUT2D eigenvalue weighted by Gasteiger charge is 2.26. The Labute approximate surface area is 565 Å². The lowest BCUT2D eigenvalue weighted by Gasteiger charge is -2.19. The van der Waals surface area contributed by atoms with E-state index < -0.39 is 26.5 Å². The van der Waals surface area contributed by atoms with Crippen molar-refractivity contribution in [3.05, 3.63) is 60.8 Å². The summed E-state index contributed by atoms with van der Waals surface area (Å²) in [6.07, 6.45) is 101. The van der Waals surface area contributed by atoms with Crippen LogP contribution in [0.4, 0.5) is 0 Å². The molecule has 0 aromatic carbocycles. The van der Waals surface area contributed by atoms with Crippen molar-refractivity contribution in [2.45, 2.75) is 418 Å². The summed E-state index contributed by atoms with van der Waals surface area (Å²) in [7, 11) is -4.40. The first-order valence-electron chi connectivity index (χ1n) is 39.8. The van der Waals surface area contributed by atoms with E-state index >= 15 is 0 Å². The molecule has 0 spiro atoms. The second kappa shape index (κ2) is 76.7. The number of ether oxygens (including phenoxy) is 2. The molecule has 0 saturated carbocycles. The van der Waals surface area contributed by atoms with Crippen LogP contribution in [0.5, 0.6) is 0 Å². The predicted octanol–water partition coefficient (Wildman–Crippen LogP) is 26.5. The molecule has 2 unspecified atom stereocenters. The Morgan fingerprint density at radius 3 is 0.846 bits per heavy atom. The molecule has 0 aromatic rings. The largest absolute Gasteiger partial charge is 0.472 e. The number of allylic oxidation sites excluding steroid dienone is 10. The molecule has 0 heterocycles. The zero-order chi connectivity index (χ0) is 65.8. The van der Waals surface area contributed by atoms with Gasteiger partial charge in [0.15, 0.2) is 6.10 Å². The van der Waals surface area contributed by atoms with Crippen molar-refractivity contribution in [1.29, 1.82) is 0 Å². The smallest absolute Gasteiger partial charge is 0.462 e. The average Bonchev–Trinajstić information content (AvgIpc) is 3.74. The number of phosphoric acid groups is 1. The van der Waals surface area contributed by atoms with Gasteiger partial charge in [-0.2, -0.15) is 0 Å². The summed E-state index contributed by atoms with van der Waals surface area (Å²) < 4.78 is 33.3. The van der Waals surface area contributed by atoms with Crippen molar-refractivity contribution in [3.63, 3.8) is 0 Å². The maximum absolute atomic E-state index is 12.8. The van der Waals surface area contributed by atoms with Gasteiger partial charge in [0.1, 0.15) is 6.61 Å². The maximum Gasteiger partial charge on any atom is 0.472 e. The number of phosphoric ester groups is 1. The predicted molar refractivity (Wildman–Crippen MR) is 395 cm³/mol. The Morgan fingerprint density at radius 1 is 0.330 bits per heavy atom. The molecule has 0 radical (unpaired) electrons. The number of carbonyl (C=O) groups is 2. The van der Waals surface area contributed by atoms with Crippen LogP contribution in [0.3, 0.4) is 0 Å². The number of unbranched alkanes of at least 4 members (excludes halogenated alkanes) is 53. The topological polar surface area (TPSA) is 134 Å². The minimum atomic E-state index is -4.40. The van der Waals surface area contributed by atoms with Crippen molar-refractivity contribution in [1.82, 2.24) is 0 Å². The van der Waals surface area contributed by atoms with Crippen molar-refractivity contribution < 1.29 is 37.6 Å². The lowest BCUT2D eigenvalue weighted by Crippen LogP contribution is -2.29. The number of carbonyl (C=O) groups excluding carboxylic acids is 2. The Hall–Kier alpha value is -2.29. The van der Waals surface area contributed by atoms with Gasteiger partial charge < -0.3 is 20.1 Å². The van der Waals surface area contributed by atoms with Crippen LogP contribution in [-0.4, -0.2) is 49.3 Å². The summed E-state index contributed by atoms with van der Waals surface area (Å²) in [6.45, 7) is 3.79. The second-order valence-corrected chi connectivity index (χ2v) is 28.4. The molecule has 2 atom stereocenters. The van der Waals surface area contributed by atoms with Gasteiger partial charge in [0.25, 0.3) is 0 Å². The molecule has 0 aliphatic heterocycles. The number of hydrogen-bond acceptors (Lipinski definition) is 8. The summed E-state index contributed by atoms with van der Waals surface area (Å²) >= 11 is 0. The summed E-state index contributed by atoms with van der Waals surface area (Å²) in [5, 5.41) is 0. The summed E-state index contributed by atoms with van der Waals surface area (Å²) in [5.41, 5.74) is 5.42. The molecule has 91 heavy (non-hydrogen) atoms. The standard InChI is InChI=1S/C81H152NO8P/c1-3-5-7-9-11-13-15-17-19-21-23-25-27-29-31-33-35-37-38-39-40-42-43-45-47-49-51-53-55-57-59-61-63-65-67-69-71-73-80(83)87-77-79(78-89-91(85,86)88-76-75-82)90-81(84)74-72-70-68-66-64-62-60-58-56-54-52-50-48-46-44-41-36-34-32-30-28-26-24-22-20-18-16-14-12-10-8-6-4-2/h15-18,21-24,28,30,79H,3-14,19-20,25-27,29,31-78,82H2,1-2H3,(H,85,86)/b17-15-,18-16-,23-21-,24-22-,30-28-. The highest BCUT2D eigenvalue weighted by molar-refractivity contribution is 7.47. The molecule has 9 nitrogen and oxygen atoms in total. The van der Waals surface area contributed by atoms with Gasteiger partial charge in [-0.1, -0.05) is 376 Å². The van der Waals surface area contributed by atoms with E-state index in [1.165, 1.54) is 327 Å². The van der Waals surface area contributed by atoms with E-state index in [0.717, 1.165) is 51.4 Å². The Bertz CT molecular complexity index is 1680. The normalized spacial score (nSPS) is 13.1. The summed E-state index contributed by atoms with van der Waals surface area (Å²) in [4.78, 5) is 35.5. The van der Waals surface area contributed by atoms with Crippen LogP contribution in [0.1, 0.15) is 412 Å². The highest BCUT2D eigenvalue weighted by Crippen LogP contribution is 2.43. The molecule has 0 rings (SSSR count). The quantitative estimate of drug-likeness (QED) is 0.0264. The van der Waals surface area contributed by atoms with E-state index in [-0.39, 0.29) is 38.6 Å². The molecular weight excluding hydrogens is 1150 g/mol. The first-order chi connectivity index (χ1) is 44.8. The summed E-state index contributed by atoms with van der Waals surface area (Å²) in [6, 6.07) is 0. The van der Waals surface area contributed by atoms with Crippen LogP contribution >= 0.6 is 7.82 Å². The lowest BCUT2D eigenvalue weighted by molar-refractivity contribution is -0.161. The average molecular weight is 1300 g/mol. The molecule has 0 fully saturated rings. The van der Waals surface area contributed by atoms with Crippen LogP contribution in [0.25, 0.3) is 0 Å². The third-order valence-corrected chi connectivity index (χ3v) is 18.9. The molecule has 3 N–H and O–H groups in total. The van der Waals surface area contributed by atoms with E-state index in [0.29, 0.717) is 6.42 Å². The van der Waals surface area contributed by atoms with E-state index in [4.69, 9.17) is 24.3 Å². The molecule has 0 saturated heterocycles. The van der Waals surface area contributed by atoms with Gasteiger partial charge in [0.2, 0.25) is 0 Å². The minimum Gasteiger partial charge on any atom is -0.462 e. The van der Waals surface area contributed by atoms with Gasteiger partial charge in [-0.15, -0.1) is 0 Å². The zero-order valence-electron chi connectivity index (χ0n) is 60.3. The third kappa shape index (κ3) is 76.6. The number of nitrogens with two attached hydrogens (primary N) is 1. The molecular formula is C81H152NO8P. The van der Waals surface area contributed by atoms with Crippen LogP contribution in [0, 0.1) is 0 Å². The van der Waals surface area contributed by atoms with Gasteiger partial charge in [0.05, 0.1) is 13.2 Å². The van der Waals surface area contributed by atoms with Gasteiger partial charge >= 0.3 is 19.8 Å². The number of hydrogen-bond donors (Lipinski definition) is 2. The van der Waals surface area contributed by atoms with Gasteiger partial charge in [-0.05, 0) is 83.5 Å². The van der Waals surface area contributed by atoms with Gasteiger partial charge in [0, 0.05) is 19.4 Å². The second-order valence-electron chi connectivity index (χ2n) is 26.9. The molecule has 0 aliphatic rings. The zero-order valence-corrected chi connectivity index (χ0v) is 61.2.